The number of rotatable bonds is 13. The summed E-state index contributed by atoms with van der Waals surface area (Å²) in [5.74, 6) is 0. The third-order valence-corrected chi connectivity index (χ3v) is 13.8. The molecule has 0 aromatic rings. The second-order valence-electron chi connectivity index (χ2n) is 5.87. The zero-order chi connectivity index (χ0) is 15.5. The van der Waals surface area contributed by atoms with Gasteiger partial charge in [0.25, 0.3) is 0 Å². The van der Waals surface area contributed by atoms with Crippen molar-refractivity contribution in [3.8, 4) is 0 Å². The fourth-order valence-electron chi connectivity index (χ4n) is 2.21. The molecule has 0 unspecified atom stereocenters. The SMILES string of the molecule is CCCCC[CH2][Sn].CCC[CH2][Sn]([CH2]CCC)[CH2]CCC. The van der Waals surface area contributed by atoms with Gasteiger partial charge in [0, 0.05) is 0 Å². The molecule has 0 spiro atoms. The number of unbranched alkanes of at least 4 members (excludes halogenated alkanes) is 6. The van der Waals surface area contributed by atoms with Crippen molar-refractivity contribution in [2.45, 2.75) is 110 Å². The monoisotopic (exact) mass is 496 g/mol. The standard InChI is InChI=1S/C6H13.3C4H9.2Sn/c1-3-5-6-4-2;3*1-3-4-2;;/h1,3-6H2,2H3;3*1,3-4H2,2H3;;. The normalized spacial score (nSPS) is 10.5. The van der Waals surface area contributed by atoms with Gasteiger partial charge >= 0.3 is 152 Å². The summed E-state index contributed by atoms with van der Waals surface area (Å²) in [6, 6.07) is 0. The van der Waals surface area contributed by atoms with Crippen molar-refractivity contribution >= 4 is 42.3 Å². The summed E-state index contributed by atoms with van der Waals surface area (Å²) in [6.45, 7) is 9.25. The zero-order valence-electron chi connectivity index (χ0n) is 14.9. The molecule has 0 aliphatic heterocycles. The van der Waals surface area contributed by atoms with E-state index in [2.05, 4.69) is 27.7 Å². The van der Waals surface area contributed by atoms with E-state index in [0.29, 0.717) is 0 Å². The van der Waals surface area contributed by atoms with Crippen LogP contribution in [0.1, 0.15) is 91.9 Å². The Morgan fingerprint density at radius 3 is 1.25 bits per heavy atom. The summed E-state index contributed by atoms with van der Waals surface area (Å²) >= 11 is 0.862. The van der Waals surface area contributed by atoms with Crippen LogP contribution in [0.5, 0.6) is 0 Å². The predicted molar refractivity (Wildman–Crippen MR) is 99.6 cm³/mol. The summed E-state index contributed by atoms with van der Waals surface area (Å²) < 4.78 is 6.49. The van der Waals surface area contributed by atoms with Crippen molar-refractivity contribution in [2.24, 2.45) is 0 Å². The van der Waals surface area contributed by atoms with Gasteiger partial charge in [0.2, 0.25) is 0 Å². The Morgan fingerprint density at radius 2 is 0.950 bits per heavy atom. The first-order valence-electron chi connectivity index (χ1n) is 9.24. The summed E-state index contributed by atoms with van der Waals surface area (Å²) in [6.07, 6.45) is 14.6. The molecule has 0 heterocycles. The predicted octanol–water partition coefficient (Wildman–Crippen LogP) is 7.04. The summed E-state index contributed by atoms with van der Waals surface area (Å²) in [5, 5.41) is 0. The molecule has 0 atom stereocenters. The first-order valence-corrected chi connectivity index (χ1v) is 17.3. The Labute approximate surface area is 151 Å². The van der Waals surface area contributed by atoms with Crippen LogP contribution < -0.4 is 0 Å². The Balaban J connectivity index is 0. The zero-order valence-corrected chi connectivity index (χ0v) is 20.6. The third-order valence-electron chi connectivity index (χ3n) is 3.68. The van der Waals surface area contributed by atoms with E-state index < -0.39 is 19.8 Å². The molecule has 120 valence electrons. The van der Waals surface area contributed by atoms with Gasteiger partial charge in [-0.15, -0.1) is 0 Å². The topological polar surface area (TPSA) is 0 Å². The molecule has 0 aromatic carbocycles. The summed E-state index contributed by atoms with van der Waals surface area (Å²) in [5.41, 5.74) is 0. The molecule has 0 aliphatic carbocycles. The third kappa shape index (κ3) is 21.9. The number of hydrogen-bond acceptors (Lipinski definition) is 0. The molecule has 0 bridgehead atoms. The Morgan fingerprint density at radius 1 is 0.550 bits per heavy atom. The van der Waals surface area contributed by atoms with Crippen LogP contribution >= 0.6 is 0 Å². The van der Waals surface area contributed by atoms with Crippen molar-refractivity contribution in [1.29, 1.82) is 0 Å². The van der Waals surface area contributed by atoms with Crippen LogP contribution in [0.4, 0.5) is 0 Å². The van der Waals surface area contributed by atoms with Crippen molar-refractivity contribution in [3.05, 3.63) is 0 Å². The fraction of sp³-hybridized carbons (Fsp3) is 1.00. The van der Waals surface area contributed by atoms with E-state index in [1.807, 2.05) is 0 Å². The Bertz CT molecular complexity index is 125. The van der Waals surface area contributed by atoms with E-state index in [4.69, 9.17) is 0 Å². The van der Waals surface area contributed by atoms with Crippen LogP contribution in [0.2, 0.25) is 17.7 Å². The first kappa shape index (κ1) is 23.9. The van der Waals surface area contributed by atoms with Crippen molar-refractivity contribution in [1.82, 2.24) is 0 Å². The molecular weight excluding hydrogens is 454 g/mol. The molecule has 0 aromatic heterocycles. The molecule has 0 N–H and O–H groups in total. The van der Waals surface area contributed by atoms with Gasteiger partial charge in [0.1, 0.15) is 0 Å². The molecular formula is C18H40Sn2. The Hall–Kier alpha value is 1.60. The average Bonchev–Trinajstić information content (AvgIpc) is 2.48. The molecule has 0 nitrogen and oxygen atoms in total. The van der Waals surface area contributed by atoms with E-state index >= 15 is 0 Å². The van der Waals surface area contributed by atoms with E-state index in [0.717, 1.165) is 0 Å². The first-order chi connectivity index (χ1) is 9.76. The van der Waals surface area contributed by atoms with Crippen molar-refractivity contribution < 1.29 is 0 Å². The second-order valence-corrected chi connectivity index (χ2v) is 15.9. The van der Waals surface area contributed by atoms with Crippen LogP contribution in [-0.2, 0) is 0 Å². The van der Waals surface area contributed by atoms with Gasteiger partial charge in [-0.05, 0) is 0 Å². The van der Waals surface area contributed by atoms with Crippen LogP contribution in [-0.4, -0.2) is 42.3 Å². The second kappa shape index (κ2) is 22.9. The number of hydrogen-bond donors (Lipinski definition) is 0. The minimum absolute atomic E-state index is 0.839. The van der Waals surface area contributed by atoms with Crippen LogP contribution in [0.3, 0.4) is 0 Å². The van der Waals surface area contributed by atoms with E-state index in [1.54, 1.807) is 35.8 Å². The van der Waals surface area contributed by atoms with Gasteiger partial charge < -0.3 is 0 Å². The fourth-order valence-corrected chi connectivity index (χ4v) is 12.4. The molecule has 0 aliphatic rings. The van der Waals surface area contributed by atoms with E-state index in [1.165, 1.54) is 68.6 Å². The van der Waals surface area contributed by atoms with Gasteiger partial charge in [-0.3, -0.25) is 0 Å². The minimum atomic E-state index is -0.839. The van der Waals surface area contributed by atoms with Crippen LogP contribution in [0, 0.1) is 0 Å². The van der Waals surface area contributed by atoms with Gasteiger partial charge in [0.15, 0.2) is 0 Å². The molecule has 0 amide bonds. The van der Waals surface area contributed by atoms with Crippen molar-refractivity contribution in [3.63, 3.8) is 0 Å². The van der Waals surface area contributed by atoms with E-state index in [-0.39, 0.29) is 0 Å². The molecule has 0 saturated carbocycles. The van der Waals surface area contributed by atoms with Gasteiger partial charge in [0.05, 0.1) is 0 Å². The van der Waals surface area contributed by atoms with Crippen molar-refractivity contribution in [2.75, 3.05) is 0 Å². The Kier molecular flexibility index (Phi) is 27.3. The molecule has 20 heavy (non-hydrogen) atoms. The maximum atomic E-state index is 2.33. The van der Waals surface area contributed by atoms with Gasteiger partial charge in [-0.25, -0.2) is 0 Å². The average molecular weight is 494 g/mol. The molecule has 0 rings (SSSR count). The quantitative estimate of drug-likeness (QED) is 0.191. The summed E-state index contributed by atoms with van der Waals surface area (Å²) in [4.78, 5) is 0. The van der Waals surface area contributed by atoms with Gasteiger partial charge in [-0.2, -0.15) is 0 Å². The van der Waals surface area contributed by atoms with Gasteiger partial charge in [-0.1, -0.05) is 0 Å². The van der Waals surface area contributed by atoms with Crippen LogP contribution in [0.25, 0.3) is 0 Å². The maximum absolute atomic E-state index is 2.33. The molecule has 0 saturated heterocycles. The summed E-state index contributed by atoms with van der Waals surface area (Å²) in [7, 11) is 0. The molecule has 4 radical (unpaired) electrons. The molecule has 0 fully saturated rings. The molecule has 2 heteroatoms. The van der Waals surface area contributed by atoms with Crippen LogP contribution in [0.15, 0.2) is 0 Å². The van der Waals surface area contributed by atoms with E-state index in [9.17, 15) is 0 Å².